The molecule has 0 fully saturated rings. The first kappa shape index (κ1) is 17.3. The molecule has 0 saturated carbocycles. The van der Waals surface area contributed by atoms with Gasteiger partial charge in [-0.25, -0.2) is 12.8 Å². The maximum atomic E-state index is 13.6. The third-order valence-electron chi connectivity index (χ3n) is 3.11. The van der Waals surface area contributed by atoms with Gasteiger partial charge in [-0.1, -0.05) is 30.3 Å². The van der Waals surface area contributed by atoms with Gasteiger partial charge in [-0.2, -0.15) is 0 Å². The Morgan fingerprint density at radius 3 is 2.22 bits per heavy atom. The zero-order chi connectivity index (χ0) is 16.7. The number of para-hydroxylation sites is 2. The van der Waals surface area contributed by atoms with Crippen LogP contribution in [0.3, 0.4) is 0 Å². The molecular weight excluding hydrogens is 319 g/mol. The van der Waals surface area contributed by atoms with Crippen LogP contribution < -0.4 is 9.47 Å². The van der Waals surface area contributed by atoms with Crippen LogP contribution in [0.15, 0.2) is 48.5 Å². The lowest BCUT2D eigenvalue weighted by molar-refractivity contribution is 0.259. The van der Waals surface area contributed by atoms with Gasteiger partial charge >= 0.3 is 0 Å². The maximum absolute atomic E-state index is 13.6. The maximum Gasteiger partial charge on any atom is 0.161 e. The fourth-order valence-electron chi connectivity index (χ4n) is 1.96. The number of hydrogen-bond donors (Lipinski definition) is 0. The lowest BCUT2D eigenvalue weighted by Crippen LogP contribution is -2.08. The summed E-state index contributed by atoms with van der Waals surface area (Å²) in [6.45, 7) is 0.365. The lowest BCUT2D eigenvalue weighted by atomic mass is 10.2. The van der Waals surface area contributed by atoms with E-state index in [1.54, 1.807) is 42.5 Å². The van der Waals surface area contributed by atoms with E-state index >= 15 is 0 Å². The molecule has 0 heterocycles. The molecule has 0 amide bonds. The van der Waals surface area contributed by atoms with Crippen LogP contribution in [-0.2, 0) is 16.4 Å². The number of hydrogen-bond acceptors (Lipinski definition) is 4. The Morgan fingerprint density at radius 1 is 0.957 bits per heavy atom. The van der Waals surface area contributed by atoms with Gasteiger partial charge in [-0.3, -0.25) is 0 Å². The predicted molar refractivity (Wildman–Crippen MR) is 87.0 cm³/mol. The molecule has 2 aromatic carbocycles. The van der Waals surface area contributed by atoms with Gasteiger partial charge in [-0.15, -0.1) is 0 Å². The second-order valence-electron chi connectivity index (χ2n) is 5.16. The van der Waals surface area contributed by atoms with Gasteiger partial charge in [-0.05, 0) is 24.6 Å². The zero-order valence-corrected chi connectivity index (χ0v) is 13.7. The summed E-state index contributed by atoms with van der Waals surface area (Å²) in [5.41, 5.74) is 0.458. The Labute approximate surface area is 135 Å². The Hall–Kier alpha value is -2.08. The standard InChI is InChI=1S/C17H19FO4S/c1-23(19,20)12-6-11-21-16-9-4-5-10-17(16)22-13-14-7-2-3-8-15(14)18/h2-5,7-10H,6,11-13H2,1H3. The summed E-state index contributed by atoms with van der Waals surface area (Å²) in [7, 11) is -2.99. The Kier molecular flexibility index (Phi) is 5.98. The van der Waals surface area contributed by atoms with E-state index in [-0.39, 0.29) is 24.8 Å². The van der Waals surface area contributed by atoms with E-state index in [4.69, 9.17) is 9.47 Å². The molecule has 0 aromatic heterocycles. The van der Waals surface area contributed by atoms with E-state index in [0.717, 1.165) is 0 Å². The molecule has 0 radical (unpaired) electrons. The summed E-state index contributed by atoms with van der Waals surface area (Å²) in [5.74, 6) is 0.761. The van der Waals surface area contributed by atoms with Crippen LogP contribution in [0.4, 0.5) is 4.39 Å². The van der Waals surface area contributed by atoms with Crippen molar-refractivity contribution in [2.75, 3.05) is 18.6 Å². The van der Waals surface area contributed by atoms with Crippen molar-refractivity contribution in [1.29, 1.82) is 0 Å². The fraction of sp³-hybridized carbons (Fsp3) is 0.294. The van der Waals surface area contributed by atoms with Gasteiger partial charge in [0.2, 0.25) is 0 Å². The van der Waals surface area contributed by atoms with E-state index in [1.807, 2.05) is 0 Å². The van der Waals surface area contributed by atoms with Crippen molar-refractivity contribution >= 4 is 9.84 Å². The summed E-state index contributed by atoms with van der Waals surface area (Å²) in [6, 6.07) is 13.5. The number of halogens is 1. The third kappa shape index (κ3) is 5.90. The minimum absolute atomic E-state index is 0.0747. The molecule has 0 aliphatic carbocycles. The molecule has 4 nitrogen and oxygen atoms in total. The van der Waals surface area contributed by atoms with Gasteiger partial charge in [0.25, 0.3) is 0 Å². The van der Waals surface area contributed by atoms with Crippen LogP contribution in [0.2, 0.25) is 0 Å². The van der Waals surface area contributed by atoms with E-state index in [9.17, 15) is 12.8 Å². The average molecular weight is 338 g/mol. The molecular formula is C17H19FO4S. The molecule has 0 N–H and O–H groups in total. The molecule has 0 spiro atoms. The van der Waals surface area contributed by atoms with Crippen LogP contribution in [-0.4, -0.2) is 27.0 Å². The molecule has 23 heavy (non-hydrogen) atoms. The van der Waals surface area contributed by atoms with Crippen molar-refractivity contribution in [3.05, 3.63) is 59.9 Å². The molecule has 0 aliphatic rings. The largest absolute Gasteiger partial charge is 0.490 e. The van der Waals surface area contributed by atoms with E-state index < -0.39 is 9.84 Å². The topological polar surface area (TPSA) is 52.6 Å². The number of sulfone groups is 1. The quantitative estimate of drug-likeness (QED) is 0.694. The minimum Gasteiger partial charge on any atom is -0.490 e. The van der Waals surface area contributed by atoms with Crippen molar-refractivity contribution in [3.63, 3.8) is 0 Å². The van der Waals surface area contributed by atoms with Crippen LogP contribution in [0.5, 0.6) is 11.5 Å². The second-order valence-corrected chi connectivity index (χ2v) is 7.42. The average Bonchev–Trinajstić information content (AvgIpc) is 2.51. The van der Waals surface area contributed by atoms with Crippen LogP contribution in [0.25, 0.3) is 0 Å². The van der Waals surface area contributed by atoms with E-state index in [1.165, 1.54) is 12.3 Å². The Morgan fingerprint density at radius 2 is 1.57 bits per heavy atom. The molecule has 0 unspecified atom stereocenters. The first-order valence-electron chi connectivity index (χ1n) is 7.21. The van der Waals surface area contributed by atoms with Gasteiger partial charge in [0.15, 0.2) is 11.5 Å². The van der Waals surface area contributed by atoms with Crippen molar-refractivity contribution < 1.29 is 22.3 Å². The normalized spacial score (nSPS) is 11.2. The van der Waals surface area contributed by atoms with Crippen LogP contribution >= 0.6 is 0 Å². The first-order valence-corrected chi connectivity index (χ1v) is 9.27. The van der Waals surface area contributed by atoms with Gasteiger partial charge in [0.1, 0.15) is 22.3 Å². The number of benzene rings is 2. The van der Waals surface area contributed by atoms with Gasteiger partial charge in [0.05, 0.1) is 12.4 Å². The number of ether oxygens (including phenoxy) is 2. The molecule has 0 atom stereocenters. The molecule has 2 aromatic rings. The molecule has 0 aliphatic heterocycles. The van der Waals surface area contributed by atoms with Crippen molar-refractivity contribution in [2.45, 2.75) is 13.0 Å². The van der Waals surface area contributed by atoms with Crippen LogP contribution in [0.1, 0.15) is 12.0 Å². The van der Waals surface area contributed by atoms with Gasteiger partial charge in [0, 0.05) is 11.8 Å². The summed E-state index contributed by atoms with van der Waals surface area (Å²) in [6.07, 6.45) is 1.60. The molecule has 0 saturated heterocycles. The Bertz CT molecular complexity index is 744. The molecule has 6 heteroatoms. The molecule has 0 bridgehead atoms. The van der Waals surface area contributed by atoms with E-state index in [2.05, 4.69) is 0 Å². The summed E-state index contributed by atoms with van der Waals surface area (Å²) >= 11 is 0. The fourth-order valence-corrected chi connectivity index (χ4v) is 2.61. The highest BCUT2D eigenvalue weighted by molar-refractivity contribution is 7.90. The van der Waals surface area contributed by atoms with Crippen molar-refractivity contribution in [2.24, 2.45) is 0 Å². The summed E-state index contributed by atoms with van der Waals surface area (Å²) in [5, 5.41) is 0. The highest BCUT2D eigenvalue weighted by Crippen LogP contribution is 2.27. The first-order chi connectivity index (χ1) is 11.0. The highest BCUT2D eigenvalue weighted by atomic mass is 32.2. The van der Waals surface area contributed by atoms with Gasteiger partial charge < -0.3 is 9.47 Å². The van der Waals surface area contributed by atoms with Crippen molar-refractivity contribution in [3.8, 4) is 11.5 Å². The second kappa shape index (κ2) is 7.97. The SMILES string of the molecule is CS(=O)(=O)CCCOc1ccccc1OCc1ccccc1F. The molecule has 2 rings (SSSR count). The third-order valence-corrected chi connectivity index (χ3v) is 4.14. The highest BCUT2D eigenvalue weighted by Gasteiger charge is 2.08. The summed E-state index contributed by atoms with van der Waals surface area (Å²) in [4.78, 5) is 0. The summed E-state index contributed by atoms with van der Waals surface area (Å²) < 4.78 is 46.9. The van der Waals surface area contributed by atoms with Crippen molar-refractivity contribution in [1.82, 2.24) is 0 Å². The lowest BCUT2D eigenvalue weighted by Gasteiger charge is -2.13. The monoisotopic (exact) mass is 338 g/mol. The zero-order valence-electron chi connectivity index (χ0n) is 12.9. The number of rotatable bonds is 8. The molecule has 124 valence electrons. The Balaban J connectivity index is 1.93. The smallest absolute Gasteiger partial charge is 0.161 e. The minimum atomic E-state index is -2.99. The predicted octanol–water partition coefficient (Wildman–Crippen LogP) is 3.22. The van der Waals surface area contributed by atoms with E-state index in [0.29, 0.717) is 23.5 Å². The van der Waals surface area contributed by atoms with Crippen LogP contribution in [0, 0.1) is 5.82 Å².